The van der Waals surface area contributed by atoms with Crippen LogP contribution in [-0.4, -0.2) is 16.6 Å². The summed E-state index contributed by atoms with van der Waals surface area (Å²) < 4.78 is 17.7. The quantitative estimate of drug-likeness (QED) is 0.628. The molecule has 3 heteroatoms. The Bertz CT molecular complexity index is 363. The fourth-order valence-corrected chi connectivity index (χ4v) is 2.91. The second-order valence-corrected chi connectivity index (χ2v) is 6.00. The van der Waals surface area contributed by atoms with Gasteiger partial charge >= 0.3 is 0 Å². The van der Waals surface area contributed by atoms with Gasteiger partial charge in [-0.15, -0.1) is 0 Å². The van der Waals surface area contributed by atoms with Gasteiger partial charge in [0.15, 0.2) is 0 Å². The third kappa shape index (κ3) is 5.67. The van der Waals surface area contributed by atoms with E-state index in [1.54, 1.807) is 0 Å². The minimum Gasteiger partial charge on any atom is -0.494 e. The molecule has 1 aromatic carbocycles. The Morgan fingerprint density at radius 1 is 1.11 bits per heavy atom. The minimum atomic E-state index is -0.882. The summed E-state index contributed by atoms with van der Waals surface area (Å²) in [5.41, 5.74) is 0. The molecule has 1 rings (SSSR count). The van der Waals surface area contributed by atoms with Crippen molar-refractivity contribution in [3.63, 3.8) is 0 Å². The monoisotopic (exact) mass is 268 g/mol. The van der Waals surface area contributed by atoms with E-state index in [1.807, 2.05) is 24.3 Å². The molecule has 0 radical (unpaired) electrons. The maximum Gasteiger partial charge on any atom is 0.120 e. The van der Waals surface area contributed by atoms with Crippen molar-refractivity contribution in [3.05, 3.63) is 24.3 Å². The van der Waals surface area contributed by atoms with Gasteiger partial charge in [0, 0.05) is 10.6 Å². The van der Waals surface area contributed by atoms with Gasteiger partial charge in [-0.05, 0) is 31.0 Å². The standard InChI is InChI=1S/C15H24O2S/c1-3-5-7-11-17-14-9-8-10-15(13-14)18(16)12-6-4-2/h8-10,13H,3-7,11-12H2,1-2H3. The third-order valence-electron chi connectivity index (χ3n) is 2.77. The Hall–Kier alpha value is -0.830. The average molecular weight is 268 g/mol. The third-order valence-corrected chi connectivity index (χ3v) is 4.21. The van der Waals surface area contributed by atoms with Crippen LogP contribution in [0.1, 0.15) is 46.0 Å². The predicted molar refractivity (Wildman–Crippen MR) is 77.6 cm³/mol. The van der Waals surface area contributed by atoms with Crippen LogP contribution in [0.25, 0.3) is 0 Å². The van der Waals surface area contributed by atoms with Gasteiger partial charge in [0.05, 0.1) is 17.4 Å². The fourth-order valence-electron chi connectivity index (χ4n) is 1.64. The fraction of sp³-hybridized carbons (Fsp3) is 0.600. The summed E-state index contributed by atoms with van der Waals surface area (Å²) in [5.74, 6) is 1.59. The number of unbranched alkanes of at least 4 members (excludes halogenated alkanes) is 3. The van der Waals surface area contributed by atoms with E-state index in [2.05, 4.69) is 13.8 Å². The smallest absolute Gasteiger partial charge is 0.120 e. The van der Waals surface area contributed by atoms with E-state index >= 15 is 0 Å². The van der Waals surface area contributed by atoms with E-state index in [0.717, 1.165) is 42.3 Å². The Balaban J connectivity index is 2.48. The minimum absolute atomic E-state index is 0.746. The summed E-state index contributed by atoms with van der Waals surface area (Å²) in [6.07, 6.45) is 5.57. The first-order chi connectivity index (χ1) is 8.77. The van der Waals surface area contributed by atoms with Crippen LogP contribution in [0.2, 0.25) is 0 Å². The molecule has 0 amide bonds. The molecule has 1 aromatic rings. The highest BCUT2D eigenvalue weighted by atomic mass is 32.2. The van der Waals surface area contributed by atoms with Crippen molar-refractivity contribution in [1.82, 2.24) is 0 Å². The molecule has 0 aliphatic carbocycles. The van der Waals surface area contributed by atoms with Gasteiger partial charge in [0.25, 0.3) is 0 Å². The van der Waals surface area contributed by atoms with E-state index in [-0.39, 0.29) is 0 Å². The van der Waals surface area contributed by atoms with E-state index in [0.29, 0.717) is 0 Å². The Morgan fingerprint density at radius 3 is 2.61 bits per heavy atom. The topological polar surface area (TPSA) is 26.3 Å². The summed E-state index contributed by atoms with van der Waals surface area (Å²) in [7, 11) is -0.882. The first-order valence-electron chi connectivity index (χ1n) is 6.89. The van der Waals surface area contributed by atoms with Crippen LogP contribution >= 0.6 is 0 Å². The molecule has 102 valence electrons. The van der Waals surface area contributed by atoms with Crippen LogP contribution in [0.3, 0.4) is 0 Å². The molecule has 0 saturated heterocycles. The molecule has 1 unspecified atom stereocenters. The van der Waals surface area contributed by atoms with Crippen LogP contribution in [0.5, 0.6) is 5.75 Å². The van der Waals surface area contributed by atoms with Gasteiger partial charge in [-0.1, -0.05) is 39.2 Å². The maximum atomic E-state index is 12.0. The van der Waals surface area contributed by atoms with Crippen molar-refractivity contribution in [3.8, 4) is 5.75 Å². The molecule has 0 fully saturated rings. The van der Waals surface area contributed by atoms with Crippen molar-refractivity contribution >= 4 is 10.8 Å². The highest BCUT2D eigenvalue weighted by Crippen LogP contribution is 2.17. The lowest BCUT2D eigenvalue weighted by Gasteiger charge is -2.07. The maximum absolute atomic E-state index is 12.0. The lowest BCUT2D eigenvalue weighted by Crippen LogP contribution is -2.00. The largest absolute Gasteiger partial charge is 0.494 e. The van der Waals surface area contributed by atoms with Crippen molar-refractivity contribution < 1.29 is 8.95 Å². The van der Waals surface area contributed by atoms with Crippen LogP contribution in [-0.2, 0) is 10.8 Å². The zero-order valence-electron chi connectivity index (χ0n) is 11.5. The summed E-state index contributed by atoms with van der Waals surface area (Å²) in [4.78, 5) is 0.886. The molecule has 0 bridgehead atoms. The molecule has 0 heterocycles. The number of hydrogen-bond donors (Lipinski definition) is 0. The summed E-state index contributed by atoms with van der Waals surface area (Å²) >= 11 is 0. The van der Waals surface area contributed by atoms with E-state index < -0.39 is 10.8 Å². The SMILES string of the molecule is CCCCCOc1cccc(S(=O)CCCC)c1. The van der Waals surface area contributed by atoms with Gasteiger partial charge < -0.3 is 4.74 Å². The van der Waals surface area contributed by atoms with Crippen molar-refractivity contribution in [2.75, 3.05) is 12.4 Å². The summed E-state index contributed by atoms with van der Waals surface area (Å²) in [5, 5.41) is 0. The number of benzene rings is 1. The van der Waals surface area contributed by atoms with Crippen LogP contribution in [0.15, 0.2) is 29.2 Å². The molecule has 0 aliphatic rings. The van der Waals surface area contributed by atoms with Crippen LogP contribution in [0.4, 0.5) is 0 Å². The van der Waals surface area contributed by atoms with Crippen molar-refractivity contribution in [2.45, 2.75) is 50.8 Å². The van der Waals surface area contributed by atoms with Crippen molar-refractivity contribution in [1.29, 1.82) is 0 Å². The number of rotatable bonds is 9. The van der Waals surface area contributed by atoms with Crippen LogP contribution in [0, 0.1) is 0 Å². The summed E-state index contributed by atoms with van der Waals surface area (Å²) in [6, 6.07) is 7.70. The lowest BCUT2D eigenvalue weighted by atomic mass is 10.3. The lowest BCUT2D eigenvalue weighted by molar-refractivity contribution is 0.305. The first-order valence-corrected chi connectivity index (χ1v) is 8.21. The zero-order valence-corrected chi connectivity index (χ0v) is 12.3. The molecule has 0 N–H and O–H groups in total. The number of hydrogen-bond acceptors (Lipinski definition) is 2. The van der Waals surface area contributed by atoms with Gasteiger partial charge in [-0.2, -0.15) is 0 Å². The molecular weight excluding hydrogens is 244 g/mol. The Morgan fingerprint density at radius 2 is 1.89 bits per heavy atom. The first kappa shape index (κ1) is 15.2. The Kier molecular flexibility index (Phi) is 7.74. The Labute approximate surface area is 113 Å². The highest BCUT2D eigenvalue weighted by Gasteiger charge is 2.04. The molecule has 2 nitrogen and oxygen atoms in total. The van der Waals surface area contributed by atoms with E-state index in [9.17, 15) is 4.21 Å². The van der Waals surface area contributed by atoms with E-state index in [4.69, 9.17) is 4.74 Å². The van der Waals surface area contributed by atoms with Gasteiger partial charge in [-0.3, -0.25) is 4.21 Å². The predicted octanol–water partition coefficient (Wildman–Crippen LogP) is 4.16. The number of ether oxygens (including phenoxy) is 1. The van der Waals surface area contributed by atoms with Gasteiger partial charge in [0.1, 0.15) is 5.75 Å². The molecule has 0 spiro atoms. The highest BCUT2D eigenvalue weighted by molar-refractivity contribution is 7.85. The molecular formula is C15H24O2S. The van der Waals surface area contributed by atoms with Crippen LogP contribution < -0.4 is 4.74 Å². The van der Waals surface area contributed by atoms with Gasteiger partial charge in [0.2, 0.25) is 0 Å². The average Bonchev–Trinajstić information content (AvgIpc) is 2.41. The molecule has 0 aliphatic heterocycles. The van der Waals surface area contributed by atoms with Gasteiger partial charge in [-0.25, -0.2) is 0 Å². The summed E-state index contributed by atoms with van der Waals surface area (Å²) in [6.45, 7) is 5.04. The molecule has 0 saturated carbocycles. The zero-order chi connectivity index (χ0) is 13.2. The second kappa shape index (κ2) is 9.15. The van der Waals surface area contributed by atoms with E-state index in [1.165, 1.54) is 12.8 Å². The molecule has 18 heavy (non-hydrogen) atoms. The molecule has 1 atom stereocenters. The molecule has 0 aromatic heterocycles. The van der Waals surface area contributed by atoms with Crippen molar-refractivity contribution in [2.24, 2.45) is 0 Å². The second-order valence-electron chi connectivity index (χ2n) is 4.43. The normalized spacial score (nSPS) is 12.3.